The van der Waals surface area contributed by atoms with E-state index in [0.717, 1.165) is 5.56 Å². The first kappa shape index (κ1) is 15.2. The van der Waals surface area contributed by atoms with Crippen LogP contribution in [0.3, 0.4) is 0 Å². The summed E-state index contributed by atoms with van der Waals surface area (Å²) in [5.74, 6) is -1.01. The predicted molar refractivity (Wildman–Crippen MR) is 89.9 cm³/mol. The molecule has 0 saturated heterocycles. The van der Waals surface area contributed by atoms with E-state index in [4.69, 9.17) is 34.8 Å². The molecule has 1 aliphatic heterocycles. The second kappa shape index (κ2) is 5.84. The van der Waals surface area contributed by atoms with Crippen LogP contribution in [0.2, 0.25) is 15.1 Å². The van der Waals surface area contributed by atoms with E-state index in [1.165, 1.54) is 0 Å². The van der Waals surface area contributed by atoms with Gasteiger partial charge in [0.2, 0.25) is 0 Å². The van der Waals surface area contributed by atoms with Gasteiger partial charge in [0.1, 0.15) is 0 Å². The van der Waals surface area contributed by atoms with E-state index < -0.39 is 5.97 Å². The Hall–Kier alpha value is -1.68. The maximum atomic E-state index is 11.6. The Morgan fingerprint density at radius 3 is 2.32 bits per heavy atom. The molecule has 1 aliphatic rings. The van der Waals surface area contributed by atoms with Crippen molar-refractivity contribution in [3.8, 4) is 0 Å². The molecular weight excluding hydrogens is 345 g/mol. The fourth-order valence-electron chi connectivity index (χ4n) is 2.39. The molecule has 0 aromatic heterocycles. The lowest BCUT2D eigenvalue weighted by atomic mass is 9.93. The molecule has 6 heteroatoms. The lowest BCUT2D eigenvalue weighted by molar-refractivity contribution is -0.130. The van der Waals surface area contributed by atoms with E-state index in [-0.39, 0.29) is 11.6 Å². The van der Waals surface area contributed by atoms with Crippen molar-refractivity contribution in [2.45, 2.75) is 6.04 Å². The predicted octanol–water partition coefficient (Wildman–Crippen LogP) is 5.28. The van der Waals surface area contributed by atoms with Crippen molar-refractivity contribution < 1.29 is 9.90 Å². The highest BCUT2D eigenvalue weighted by molar-refractivity contribution is 6.42. The van der Waals surface area contributed by atoms with E-state index in [1.54, 1.807) is 30.3 Å². The van der Waals surface area contributed by atoms with Gasteiger partial charge in [-0.25, -0.2) is 4.79 Å². The Morgan fingerprint density at radius 1 is 1.05 bits per heavy atom. The molecule has 2 N–H and O–H groups in total. The van der Waals surface area contributed by atoms with Gasteiger partial charge in [-0.1, -0.05) is 46.9 Å². The topological polar surface area (TPSA) is 49.3 Å². The van der Waals surface area contributed by atoms with Gasteiger partial charge in [-0.05, 0) is 35.9 Å². The number of carboxylic acid groups (broad SMARTS) is 1. The van der Waals surface area contributed by atoms with Crippen molar-refractivity contribution in [1.29, 1.82) is 0 Å². The maximum Gasteiger partial charge on any atom is 0.336 e. The SMILES string of the molecule is O=C(O)C1=CC(c2ccc(Cl)cc2)Nc2cc(Cl)c(Cl)cc21. The molecule has 0 saturated carbocycles. The second-order valence-corrected chi connectivity index (χ2v) is 6.12. The van der Waals surface area contributed by atoms with Crippen LogP contribution in [0.4, 0.5) is 5.69 Å². The van der Waals surface area contributed by atoms with Crippen LogP contribution in [0.15, 0.2) is 42.5 Å². The number of benzene rings is 2. The third-order valence-electron chi connectivity index (χ3n) is 3.45. The van der Waals surface area contributed by atoms with Crippen molar-refractivity contribution in [3.05, 3.63) is 68.7 Å². The van der Waals surface area contributed by atoms with Gasteiger partial charge in [0, 0.05) is 16.3 Å². The highest BCUT2D eigenvalue weighted by Gasteiger charge is 2.25. The summed E-state index contributed by atoms with van der Waals surface area (Å²) in [6, 6.07) is 10.1. The van der Waals surface area contributed by atoms with Crippen molar-refractivity contribution in [1.82, 2.24) is 0 Å². The van der Waals surface area contributed by atoms with Gasteiger partial charge in [-0.3, -0.25) is 0 Å². The highest BCUT2D eigenvalue weighted by atomic mass is 35.5. The highest BCUT2D eigenvalue weighted by Crippen LogP contribution is 2.39. The molecule has 3 nitrogen and oxygen atoms in total. The zero-order chi connectivity index (χ0) is 15.9. The minimum Gasteiger partial charge on any atom is -0.478 e. The van der Waals surface area contributed by atoms with Crippen LogP contribution in [0.25, 0.3) is 5.57 Å². The van der Waals surface area contributed by atoms with Gasteiger partial charge >= 0.3 is 5.97 Å². The lowest BCUT2D eigenvalue weighted by Gasteiger charge is -2.26. The minimum atomic E-state index is -1.01. The van der Waals surface area contributed by atoms with Crippen LogP contribution < -0.4 is 5.32 Å². The zero-order valence-corrected chi connectivity index (χ0v) is 13.4. The molecule has 0 spiro atoms. The van der Waals surface area contributed by atoms with Gasteiger partial charge in [0.05, 0.1) is 21.7 Å². The number of aliphatic carboxylic acids is 1. The molecule has 1 heterocycles. The molecule has 0 amide bonds. The Kier molecular flexibility index (Phi) is 4.04. The lowest BCUT2D eigenvalue weighted by Crippen LogP contribution is -2.17. The van der Waals surface area contributed by atoms with E-state index in [2.05, 4.69) is 5.32 Å². The summed E-state index contributed by atoms with van der Waals surface area (Å²) in [5, 5.41) is 14.0. The Morgan fingerprint density at radius 2 is 1.68 bits per heavy atom. The number of carboxylic acids is 1. The van der Waals surface area contributed by atoms with E-state index in [0.29, 0.717) is 26.3 Å². The van der Waals surface area contributed by atoms with Gasteiger partial charge in [-0.2, -0.15) is 0 Å². The third kappa shape index (κ3) is 2.80. The van der Waals surface area contributed by atoms with Crippen LogP contribution in [-0.2, 0) is 4.79 Å². The monoisotopic (exact) mass is 353 g/mol. The number of anilines is 1. The van der Waals surface area contributed by atoms with Crippen molar-refractivity contribution in [2.75, 3.05) is 5.32 Å². The molecule has 0 aliphatic carbocycles. The van der Waals surface area contributed by atoms with Crippen LogP contribution in [-0.4, -0.2) is 11.1 Å². The molecule has 1 atom stereocenters. The summed E-state index contributed by atoms with van der Waals surface area (Å²) in [6.07, 6.45) is 1.65. The molecule has 0 bridgehead atoms. The number of halogens is 3. The molecular formula is C16H10Cl3NO2. The average Bonchev–Trinajstić information content (AvgIpc) is 2.48. The number of fused-ring (bicyclic) bond motifs is 1. The number of hydrogen-bond acceptors (Lipinski definition) is 2. The number of hydrogen-bond donors (Lipinski definition) is 2. The van der Waals surface area contributed by atoms with Gasteiger partial charge in [0.25, 0.3) is 0 Å². The molecule has 3 rings (SSSR count). The van der Waals surface area contributed by atoms with Gasteiger partial charge in [0.15, 0.2) is 0 Å². The first-order valence-corrected chi connectivity index (χ1v) is 7.55. The summed E-state index contributed by atoms with van der Waals surface area (Å²) in [4.78, 5) is 11.6. The number of rotatable bonds is 2. The summed E-state index contributed by atoms with van der Waals surface area (Å²) in [6.45, 7) is 0. The standard InChI is InChI=1S/C16H10Cl3NO2/c17-9-3-1-8(2-4-9)14-6-11(16(21)22)10-5-12(18)13(19)7-15(10)20-14/h1-7,14,20H,(H,21,22). The van der Waals surface area contributed by atoms with E-state index in [1.807, 2.05) is 12.1 Å². The van der Waals surface area contributed by atoms with Gasteiger partial charge < -0.3 is 10.4 Å². The van der Waals surface area contributed by atoms with E-state index in [9.17, 15) is 9.90 Å². The maximum absolute atomic E-state index is 11.6. The fourth-order valence-corrected chi connectivity index (χ4v) is 2.84. The number of carbonyl (C=O) groups is 1. The normalized spacial score (nSPS) is 16.5. The van der Waals surface area contributed by atoms with Gasteiger partial charge in [-0.15, -0.1) is 0 Å². The molecule has 22 heavy (non-hydrogen) atoms. The fraction of sp³-hybridized carbons (Fsp3) is 0.0625. The Labute approximate surface area is 142 Å². The third-order valence-corrected chi connectivity index (χ3v) is 4.43. The minimum absolute atomic E-state index is 0.187. The van der Waals surface area contributed by atoms with Crippen molar-refractivity contribution in [2.24, 2.45) is 0 Å². The van der Waals surface area contributed by atoms with Crippen LogP contribution in [0, 0.1) is 0 Å². The average molecular weight is 355 g/mol. The second-order valence-electron chi connectivity index (χ2n) is 4.87. The van der Waals surface area contributed by atoms with Crippen LogP contribution >= 0.6 is 34.8 Å². The van der Waals surface area contributed by atoms with Crippen LogP contribution in [0.5, 0.6) is 0 Å². The number of nitrogens with one attached hydrogen (secondary N) is 1. The molecule has 2 aromatic carbocycles. The quantitative estimate of drug-likeness (QED) is 0.771. The molecule has 0 fully saturated rings. The summed E-state index contributed by atoms with van der Waals surface area (Å²) in [7, 11) is 0. The van der Waals surface area contributed by atoms with Crippen LogP contribution in [0.1, 0.15) is 17.2 Å². The molecule has 112 valence electrons. The first-order valence-electron chi connectivity index (χ1n) is 6.42. The van der Waals surface area contributed by atoms with Crippen molar-refractivity contribution in [3.63, 3.8) is 0 Å². The molecule has 2 aromatic rings. The Balaban J connectivity index is 2.10. The zero-order valence-electron chi connectivity index (χ0n) is 11.1. The summed E-state index contributed by atoms with van der Waals surface area (Å²) in [5.41, 5.74) is 2.24. The summed E-state index contributed by atoms with van der Waals surface area (Å²) < 4.78 is 0. The first-order chi connectivity index (χ1) is 10.5. The molecule has 0 radical (unpaired) electrons. The smallest absolute Gasteiger partial charge is 0.336 e. The summed E-state index contributed by atoms with van der Waals surface area (Å²) >= 11 is 17.9. The van der Waals surface area contributed by atoms with E-state index >= 15 is 0 Å². The molecule has 1 unspecified atom stereocenters. The van der Waals surface area contributed by atoms with Crippen molar-refractivity contribution >= 4 is 52.0 Å². The largest absolute Gasteiger partial charge is 0.478 e. The Bertz CT molecular complexity index is 785.